The van der Waals surface area contributed by atoms with Crippen molar-refractivity contribution in [1.29, 1.82) is 0 Å². The van der Waals surface area contributed by atoms with E-state index >= 15 is 0 Å². The summed E-state index contributed by atoms with van der Waals surface area (Å²) in [5.41, 5.74) is 4.36. The minimum Gasteiger partial charge on any atom is -0.465 e. The highest BCUT2D eigenvalue weighted by Crippen LogP contribution is 2.41. The van der Waals surface area contributed by atoms with E-state index < -0.39 is 11.9 Å². The van der Waals surface area contributed by atoms with Gasteiger partial charge in [0.25, 0.3) is 0 Å². The molecule has 0 spiro atoms. The lowest BCUT2D eigenvalue weighted by Crippen LogP contribution is -2.32. The molecule has 4 nitrogen and oxygen atoms in total. The maximum Gasteiger partial charge on any atom is 0.323 e. The fourth-order valence-corrected chi connectivity index (χ4v) is 3.44. The number of nitrogens with zero attached hydrogens (tertiary/aromatic N) is 1. The summed E-state index contributed by atoms with van der Waals surface area (Å²) < 4.78 is 5.10. The van der Waals surface area contributed by atoms with Gasteiger partial charge in [-0.15, -0.1) is 0 Å². The SMILES string of the molecule is CCOC(=O)C1C(=O)N(CC)c2cc3c(cc21)CCCC3. The van der Waals surface area contributed by atoms with E-state index in [1.165, 1.54) is 24.0 Å². The Balaban J connectivity index is 2.08. The molecule has 0 fully saturated rings. The van der Waals surface area contributed by atoms with Crippen LogP contribution in [0.25, 0.3) is 0 Å². The lowest BCUT2D eigenvalue weighted by Gasteiger charge is -2.20. The van der Waals surface area contributed by atoms with Gasteiger partial charge in [-0.3, -0.25) is 9.59 Å². The molecule has 1 heterocycles. The number of amides is 1. The van der Waals surface area contributed by atoms with E-state index in [2.05, 4.69) is 12.1 Å². The molecule has 112 valence electrons. The quantitative estimate of drug-likeness (QED) is 0.634. The zero-order valence-electron chi connectivity index (χ0n) is 12.6. The normalized spacial score (nSPS) is 20.2. The molecule has 1 unspecified atom stereocenters. The fourth-order valence-electron chi connectivity index (χ4n) is 3.44. The molecule has 1 aliphatic heterocycles. The van der Waals surface area contributed by atoms with Crippen LogP contribution in [0.3, 0.4) is 0 Å². The summed E-state index contributed by atoms with van der Waals surface area (Å²) in [6, 6.07) is 4.18. The van der Waals surface area contributed by atoms with Crippen LogP contribution in [0, 0.1) is 0 Å². The fraction of sp³-hybridized carbons (Fsp3) is 0.529. The number of esters is 1. The average molecular weight is 287 g/mol. The smallest absolute Gasteiger partial charge is 0.323 e. The molecule has 0 aromatic heterocycles. The Kier molecular flexibility index (Phi) is 3.70. The number of hydrogen-bond donors (Lipinski definition) is 0. The Morgan fingerprint density at radius 3 is 2.52 bits per heavy atom. The van der Waals surface area contributed by atoms with E-state index in [9.17, 15) is 9.59 Å². The summed E-state index contributed by atoms with van der Waals surface area (Å²) in [5.74, 6) is -1.34. The Morgan fingerprint density at radius 2 is 1.90 bits per heavy atom. The number of benzene rings is 1. The summed E-state index contributed by atoms with van der Waals surface area (Å²) in [6.45, 7) is 4.59. The molecule has 0 N–H and O–H groups in total. The number of anilines is 1. The molecule has 1 aromatic carbocycles. The maximum absolute atomic E-state index is 12.5. The summed E-state index contributed by atoms with van der Waals surface area (Å²) >= 11 is 0. The molecule has 0 bridgehead atoms. The van der Waals surface area contributed by atoms with Gasteiger partial charge in [0.15, 0.2) is 5.92 Å². The summed E-state index contributed by atoms with van der Waals surface area (Å²) in [7, 11) is 0. The first-order valence-electron chi connectivity index (χ1n) is 7.81. The second kappa shape index (κ2) is 5.51. The van der Waals surface area contributed by atoms with E-state index in [1.807, 2.05) is 6.92 Å². The minimum atomic E-state index is -0.771. The molecule has 0 saturated carbocycles. The van der Waals surface area contributed by atoms with Gasteiger partial charge in [-0.05, 0) is 62.3 Å². The number of fused-ring (bicyclic) bond motifs is 2. The van der Waals surface area contributed by atoms with Crippen molar-refractivity contribution in [2.75, 3.05) is 18.1 Å². The largest absolute Gasteiger partial charge is 0.465 e. The third-order valence-corrected chi connectivity index (χ3v) is 4.44. The van der Waals surface area contributed by atoms with E-state index in [4.69, 9.17) is 4.74 Å². The van der Waals surface area contributed by atoms with Gasteiger partial charge in [-0.2, -0.15) is 0 Å². The van der Waals surface area contributed by atoms with Gasteiger partial charge in [0.05, 0.1) is 6.61 Å². The van der Waals surface area contributed by atoms with Crippen LogP contribution >= 0.6 is 0 Å². The van der Waals surface area contributed by atoms with Gasteiger partial charge in [-0.25, -0.2) is 0 Å². The van der Waals surface area contributed by atoms with Crippen LogP contribution in [0.4, 0.5) is 5.69 Å². The van der Waals surface area contributed by atoms with Gasteiger partial charge in [0.2, 0.25) is 5.91 Å². The van der Waals surface area contributed by atoms with Crippen molar-refractivity contribution in [3.05, 3.63) is 28.8 Å². The van der Waals surface area contributed by atoms with Crippen molar-refractivity contribution in [2.45, 2.75) is 45.4 Å². The monoisotopic (exact) mass is 287 g/mol. The molecule has 0 saturated heterocycles. The van der Waals surface area contributed by atoms with Crippen LogP contribution in [0.2, 0.25) is 0 Å². The maximum atomic E-state index is 12.5. The number of carbonyl (C=O) groups excluding carboxylic acids is 2. The number of rotatable bonds is 3. The van der Waals surface area contributed by atoms with Crippen LogP contribution in [0.5, 0.6) is 0 Å². The predicted octanol–water partition coefficient (Wildman–Crippen LogP) is 2.58. The van der Waals surface area contributed by atoms with Crippen molar-refractivity contribution in [1.82, 2.24) is 0 Å². The number of hydrogen-bond acceptors (Lipinski definition) is 3. The van der Waals surface area contributed by atoms with Gasteiger partial charge < -0.3 is 9.64 Å². The second-order valence-electron chi connectivity index (χ2n) is 5.65. The van der Waals surface area contributed by atoms with Crippen molar-refractivity contribution >= 4 is 17.6 Å². The third kappa shape index (κ3) is 2.23. The van der Waals surface area contributed by atoms with Crippen LogP contribution in [-0.4, -0.2) is 25.0 Å². The zero-order chi connectivity index (χ0) is 15.0. The third-order valence-electron chi connectivity index (χ3n) is 4.44. The van der Waals surface area contributed by atoms with Gasteiger partial charge in [0.1, 0.15) is 0 Å². The van der Waals surface area contributed by atoms with E-state index in [-0.39, 0.29) is 5.91 Å². The molecule has 3 rings (SSSR count). The number of likely N-dealkylation sites (N-methyl/N-ethyl adjacent to an activating group) is 1. The average Bonchev–Trinajstić information content (AvgIpc) is 2.75. The highest BCUT2D eigenvalue weighted by molar-refractivity contribution is 6.16. The Hall–Kier alpha value is -1.84. The molecule has 1 atom stereocenters. The Morgan fingerprint density at radius 1 is 1.24 bits per heavy atom. The second-order valence-corrected chi connectivity index (χ2v) is 5.65. The van der Waals surface area contributed by atoms with Crippen molar-refractivity contribution in [3.8, 4) is 0 Å². The number of ether oxygens (including phenoxy) is 1. The minimum absolute atomic E-state index is 0.145. The molecule has 21 heavy (non-hydrogen) atoms. The molecular formula is C17H21NO3. The van der Waals surface area contributed by atoms with Gasteiger partial charge >= 0.3 is 5.97 Å². The Bertz CT molecular complexity index is 594. The van der Waals surface area contributed by atoms with Crippen LogP contribution in [0.1, 0.15) is 49.3 Å². The summed E-state index contributed by atoms with van der Waals surface area (Å²) in [5, 5.41) is 0. The summed E-state index contributed by atoms with van der Waals surface area (Å²) in [4.78, 5) is 26.4. The zero-order valence-corrected chi connectivity index (χ0v) is 12.6. The predicted molar refractivity (Wildman–Crippen MR) is 80.5 cm³/mol. The van der Waals surface area contributed by atoms with E-state index in [1.54, 1.807) is 11.8 Å². The Labute approximate surface area is 125 Å². The summed E-state index contributed by atoms with van der Waals surface area (Å²) in [6.07, 6.45) is 4.49. The van der Waals surface area contributed by atoms with Crippen molar-refractivity contribution in [3.63, 3.8) is 0 Å². The topological polar surface area (TPSA) is 46.6 Å². The lowest BCUT2D eigenvalue weighted by molar-refractivity contribution is -0.147. The first kappa shape index (κ1) is 14.1. The molecule has 0 radical (unpaired) electrons. The van der Waals surface area contributed by atoms with Crippen molar-refractivity contribution in [2.24, 2.45) is 0 Å². The molecule has 2 aliphatic rings. The van der Waals surface area contributed by atoms with E-state index in [0.29, 0.717) is 13.2 Å². The molecular weight excluding hydrogens is 266 g/mol. The molecule has 1 amide bonds. The van der Waals surface area contributed by atoms with E-state index in [0.717, 1.165) is 24.1 Å². The van der Waals surface area contributed by atoms with Crippen LogP contribution in [0.15, 0.2) is 12.1 Å². The standard InChI is InChI=1S/C17H21NO3/c1-3-18-14-10-12-8-6-5-7-11(12)9-13(14)15(16(18)19)17(20)21-4-2/h9-10,15H,3-8H2,1-2H3. The van der Waals surface area contributed by atoms with Gasteiger partial charge in [-0.1, -0.05) is 6.07 Å². The number of aryl methyl sites for hydroxylation is 2. The van der Waals surface area contributed by atoms with Crippen LogP contribution in [-0.2, 0) is 27.2 Å². The number of carbonyl (C=O) groups is 2. The van der Waals surface area contributed by atoms with Crippen molar-refractivity contribution < 1.29 is 14.3 Å². The molecule has 4 heteroatoms. The first-order chi connectivity index (χ1) is 10.2. The van der Waals surface area contributed by atoms with Crippen LogP contribution < -0.4 is 4.90 Å². The highest BCUT2D eigenvalue weighted by atomic mass is 16.5. The molecule has 1 aliphatic carbocycles. The lowest BCUT2D eigenvalue weighted by atomic mass is 9.87. The first-order valence-corrected chi connectivity index (χ1v) is 7.81. The van der Waals surface area contributed by atoms with Gasteiger partial charge in [0, 0.05) is 12.2 Å². The molecule has 1 aromatic rings. The highest BCUT2D eigenvalue weighted by Gasteiger charge is 2.42.